The van der Waals surface area contributed by atoms with E-state index in [1.165, 1.54) is 0 Å². The molecule has 2 rings (SSSR count). The second-order valence-electron chi connectivity index (χ2n) is 4.05. The first-order chi connectivity index (χ1) is 8.85. The molecular formula is C14H15N3O. The normalized spacial score (nSPS) is 10.2. The molecular weight excluding hydrogens is 226 g/mol. The Morgan fingerprint density at radius 2 is 2.11 bits per heavy atom. The highest BCUT2D eigenvalue weighted by Gasteiger charge is 2.05. The van der Waals surface area contributed by atoms with E-state index in [1.54, 1.807) is 0 Å². The summed E-state index contributed by atoms with van der Waals surface area (Å²) in [5.74, 6) is 0.620. The van der Waals surface area contributed by atoms with Crippen molar-refractivity contribution in [1.29, 1.82) is 5.26 Å². The van der Waals surface area contributed by atoms with Crippen molar-refractivity contribution in [2.75, 3.05) is 18.5 Å². The van der Waals surface area contributed by atoms with E-state index >= 15 is 0 Å². The maximum absolute atomic E-state index is 9.11. The maximum Gasteiger partial charge on any atom is 0.144 e. The van der Waals surface area contributed by atoms with Crippen LogP contribution >= 0.6 is 0 Å². The predicted molar refractivity (Wildman–Crippen MR) is 71.3 cm³/mol. The Morgan fingerprint density at radius 3 is 2.89 bits per heavy atom. The minimum absolute atomic E-state index is 0.192. The lowest BCUT2D eigenvalue weighted by atomic mass is 10.1. The number of fused-ring (bicyclic) bond motifs is 1. The molecule has 0 radical (unpaired) electrons. The van der Waals surface area contributed by atoms with Gasteiger partial charge in [0.2, 0.25) is 0 Å². The molecule has 0 unspecified atom stereocenters. The minimum Gasteiger partial charge on any atom is -0.396 e. The number of rotatable bonds is 5. The van der Waals surface area contributed by atoms with E-state index < -0.39 is 0 Å². The zero-order valence-electron chi connectivity index (χ0n) is 10.1. The highest BCUT2D eigenvalue weighted by atomic mass is 16.2. The van der Waals surface area contributed by atoms with Gasteiger partial charge in [0, 0.05) is 18.5 Å². The molecule has 0 saturated heterocycles. The molecule has 1 heterocycles. The van der Waals surface area contributed by atoms with E-state index in [0.29, 0.717) is 17.9 Å². The number of aliphatic hydroxyl groups is 1. The number of nitriles is 1. The summed E-state index contributed by atoms with van der Waals surface area (Å²) in [7, 11) is 0. The largest absolute Gasteiger partial charge is 0.396 e. The standard InChI is InChI=1S/C14H15N3O/c15-10-12-9-11-5-1-2-6-13(11)17-14(12)16-7-3-4-8-18/h1-2,5-6,9,18H,3-4,7-8H2,(H,16,17). The summed E-state index contributed by atoms with van der Waals surface area (Å²) in [4.78, 5) is 4.45. The molecule has 92 valence electrons. The molecule has 0 aliphatic rings. The molecule has 0 amide bonds. The lowest BCUT2D eigenvalue weighted by molar-refractivity contribution is 0.286. The summed E-state index contributed by atoms with van der Waals surface area (Å²) in [6, 6.07) is 11.7. The van der Waals surface area contributed by atoms with Crippen LogP contribution in [0.15, 0.2) is 30.3 Å². The Hall–Kier alpha value is -2.12. The van der Waals surface area contributed by atoms with E-state index in [4.69, 9.17) is 10.4 Å². The number of nitrogens with one attached hydrogen (secondary N) is 1. The minimum atomic E-state index is 0.192. The molecule has 0 fully saturated rings. The third kappa shape index (κ3) is 2.76. The first-order valence-corrected chi connectivity index (χ1v) is 6.00. The topological polar surface area (TPSA) is 68.9 Å². The van der Waals surface area contributed by atoms with Crippen LogP contribution < -0.4 is 5.32 Å². The van der Waals surface area contributed by atoms with Gasteiger partial charge in [0.25, 0.3) is 0 Å². The number of anilines is 1. The Balaban J connectivity index is 2.23. The van der Waals surface area contributed by atoms with Crippen molar-refractivity contribution in [3.8, 4) is 6.07 Å². The average Bonchev–Trinajstić information content (AvgIpc) is 2.42. The van der Waals surface area contributed by atoms with E-state index in [2.05, 4.69) is 16.4 Å². The Bertz CT molecular complexity index is 575. The number of aliphatic hydroxyl groups excluding tert-OH is 1. The van der Waals surface area contributed by atoms with Crippen LogP contribution in [0.5, 0.6) is 0 Å². The van der Waals surface area contributed by atoms with Gasteiger partial charge >= 0.3 is 0 Å². The van der Waals surface area contributed by atoms with Gasteiger partial charge in [0.05, 0.1) is 11.1 Å². The van der Waals surface area contributed by atoms with Crippen molar-refractivity contribution in [1.82, 2.24) is 4.98 Å². The molecule has 0 spiro atoms. The van der Waals surface area contributed by atoms with Crippen LogP contribution in [0.1, 0.15) is 18.4 Å². The van der Waals surface area contributed by atoms with Gasteiger partial charge in [0.1, 0.15) is 11.9 Å². The van der Waals surface area contributed by atoms with E-state index in [-0.39, 0.29) is 6.61 Å². The van der Waals surface area contributed by atoms with Crippen LogP contribution in [0.25, 0.3) is 10.9 Å². The number of hydrogen-bond acceptors (Lipinski definition) is 4. The number of pyridine rings is 1. The second-order valence-corrected chi connectivity index (χ2v) is 4.05. The summed E-state index contributed by atoms with van der Waals surface area (Å²) in [6.07, 6.45) is 1.61. The molecule has 0 aliphatic carbocycles. The molecule has 4 nitrogen and oxygen atoms in total. The van der Waals surface area contributed by atoms with Crippen molar-refractivity contribution in [2.45, 2.75) is 12.8 Å². The lowest BCUT2D eigenvalue weighted by Gasteiger charge is -2.08. The molecule has 2 N–H and O–H groups in total. The van der Waals surface area contributed by atoms with Gasteiger partial charge in [-0.3, -0.25) is 0 Å². The fourth-order valence-corrected chi connectivity index (χ4v) is 1.78. The van der Waals surface area contributed by atoms with Crippen LogP contribution in [-0.4, -0.2) is 23.2 Å². The predicted octanol–water partition coefficient (Wildman–Crippen LogP) is 2.29. The zero-order valence-corrected chi connectivity index (χ0v) is 10.1. The van der Waals surface area contributed by atoms with Gasteiger partial charge in [-0.15, -0.1) is 0 Å². The Kier molecular flexibility index (Phi) is 4.11. The van der Waals surface area contributed by atoms with Crippen molar-refractivity contribution >= 4 is 16.7 Å². The number of aromatic nitrogens is 1. The Morgan fingerprint density at radius 1 is 1.28 bits per heavy atom. The third-order valence-electron chi connectivity index (χ3n) is 2.72. The van der Waals surface area contributed by atoms with Crippen LogP contribution in [-0.2, 0) is 0 Å². The molecule has 1 aromatic carbocycles. The van der Waals surface area contributed by atoms with Crippen LogP contribution in [0.4, 0.5) is 5.82 Å². The van der Waals surface area contributed by atoms with Crippen molar-refractivity contribution in [2.24, 2.45) is 0 Å². The molecule has 0 bridgehead atoms. The zero-order chi connectivity index (χ0) is 12.8. The van der Waals surface area contributed by atoms with Crippen molar-refractivity contribution < 1.29 is 5.11 Å². The maximum atomic E-state index is 9.11. The second kappa shape index (κ2) is 5.99. The molecule has 0 saturated carbocycles. The number of para-hydroxylation sites is 1. The van der Waals surface area contributed by atoms with Crippen LogP contribution in [0, 0.1) is 11.3 Å². The number of nitrogens with zero attached hydrogens (tertiary/aromatic N) is 2. The summed E-state index contributed by atoms with van der Waals surface area (Å²) in [6.45, 7) is 0.901. The highest BCUT2D eigenvalue weighted by molar-refractivity contribution is 5.82. The first-order valence-electron chi connectivity index (χ1n) is 6.00. The third-order valence-corrected chi connectivity index (χ3v) is 2.72. The van der Waals surface area contributed by atoms with Crippen molar-refractivity contribution in [3.05, 3.63) is 35.9 Å². The fraction of sp³-hybridized carbons (Fsp3) is 0.286. The molecule has 0 aliphatic heterocycles. The lowest BCUT2D eigenvalue weighted by Crippen LogP contribution is -2.06. The van der Waals surface area contributed by atoms with Gasteiger partial charge < -0.3 is 10.4 Å². The molecule has 4 heteroatoms. The van der Waals surface area contributed by atoms with Gasteiger partial charge in [-0.1, -0.05) is 18.2 Å². The van der Waals surface area contributed by atoms with E-state index in [9.17, 15) is 0 Å². The van der Waals surface area contributed by atoms with E-state index in [1.807, 2.05) is 30.3 Å². The monoisotopic (exact) mass is 241 g/mol. The SMILES string of the molecule is N#Cc1cc2ccccc2nc1NCCCCO. The smallest absolute Gasteiger partial charge is 0.144 e. The quantitative estimate of drug-likeness (QED) is 0.788. The summed E-state index contributed by atoms with van der Waals surface area (Å²) in [5.41, 5.74) is 1.43. The van der Waals surface area contributed by atoms with Crippen LogP contribution in [0.2, 0.25) is 0 Å². The van der Waals surface area contributed by atoms with Crippen LogP contribution in [0.3, 0.4) is 0 Å². The molecule has 1 aromatic heterocycles. The van der Waals surface area contributed by atoms with Gasteiger partial charge in [-0.25, -0.2) is 4.98 Å². The van der Waals surface area contributed by atoms with Crippen molar-refractivity contribution in [3.63, 3.8) is 0 Å². The van der Waals surface area contributed by atoms with Gasteiger partial charge in [0.15, 0.2) is 0 Å². The molecule has 18 heavy (non-hydrogen) atoms. The fourth-order valence-electron chi connectivity index (χ4n) is 1.78. The number of unbranched alkanes of at least 4 members (excludes halogenated alkanes) is 1. The van der Waals surface area contributed by atoms with Gasteiger partial charge in [-0.2, -0.15) is 5.26 Å². The molecule has 0 atom stereocenters. The van der Waals surface area contributed by atoms with E-state index in [0.717, 1.165) is 23.7 Å². The molecule has 2 aromatic rings. The van der Waals surface area contributed by atoms with Gasteiger partial charge in [-0.05, 0) is 25.0 Å². The Labute approximate surface area is 106 Å². The number of benzene rings is 1. The average molecular weight is 241 g/mol. The summed E-state index contributed by atoms with van der Waals surface area (Å²) < 4.78 is 0. The summed E-state index contributed by atoms with van der Waals surface area (Å²) >= 11 is 0. The highest BCUT2D eigenvalue weighted by Crippen LogP contribution is 2.19. The summed E-state index contributed by atoms with van der Waals surface area (Å²) in [5, 5.41) is 21.9. The first kappa shape index (κ1) is 12.3. The number of hydrogen-bond donors (Lipinski definition) is 2.